The maximum atomic E-state index is 12.6. The Morgan fingerprint density at radius 2 is 1.91 bits per heavy atom. The summed E-state index contributed by atoms with van der Waals surface area (Å²) < 4.78 is 5.19. The summed E-state index contributed by atoms with van der Waals surface area (Å²) in [6.45, 7) is 5.51. The predicted molar refractivity (Wildman–Crippen MR) is 88.4 cm³/mol. The molecule has 1 aliphatic heterocycles. The summed E-state index contributed by atoms with van der Waals surface area (Å²) >= 11 is 0. The number of carbonyl (C=O) groups is 1. The fourth-order valence-electron chi connectivity index (χ4n) is 2.95. The Bertz CT molecular complexity index is 691. The van der Waals surface area contributed by atoms with E-state index in [1.54, 1.807) is 7.11 Å². The summed E-state index contributed by atoms with van der Waals surface area (Å²) in [4.78, 5) is 14.4. The van der Waals surface area contributed by atoms with E-state index in [-0.39, 0.29) is 5.91 Å². The van der Waals surface area contributed by atoms with Crippen LogP contribution in [-0.4, -0.2) is 19.6 Å². The van der Waals surface area contributed by atoms with Gasteiger partial charge in [0.2, 0.25) is 0 Å². The molecule has 1 aliphatic rings. The van der Waals surface area contributed by atoms with E-state index in [1.165, 1.54) is 5.56 Å². The number of ether oxygens (including phenoxy) is 1. The van der Waals surface area contributed by atoms with Gasteiger partial charge in [0.25, 0.3) is 5.91 Å². The van der Waals surface area contributed by atoms with Crippen molar-refractivity contribution in [3.63, 3.8) is 0 Å². The molecule has 2 aromatic rings. The van der Waals surface area contributed by atoms with Crippen LogP contribution in [0.4, 0.5) is 5.69 Å². The van der Waals surface area contributed by atoms with Gasteiger partial charge in [0.05, 0.1) is 13.2 Å². The van der Waals surface area contributed by atoms with Gasteiger partial charge in [0.1, 0.15) is 0 Å². The molecule has 3 rings (SSSR count). The van der Waals surface area contributed by atoms with Crippen molar-refractivity contribution in [3.8, 4) is 0 Å². The van der Waals surface area contributed by atoms with E-state index in [1.807, 2.05) is 30.0 Å². The fraction of sp³-hybridized carbons (Fsp3) is 0.316. The first-order valence-corrected chi connectivity index (χ1v) is 7.60. The van der Waals surface area contributed by atoms with Crippen LogP contribution in [0.1, 0.15) is 39.9 Å². The molecule has 1 amide bonds. The minimum absolute atomic E-state index is 0.0939. The molecule has 1 atom stereocenters. The molecule has 0 spiro atoms. The summed E-state index contributed by atoms with van der Waals surface area (Å²) in [6.07, 6.45) is 0. The van der Waals surface area contributed by atoms with Crippen LogP contribution in [0.3, 0.4) is 0 Å². The minimum Gasteiger partial charge on any atom is -0.384 e. The standard InChI is InChI=1S/C19H21NO2/c1-13-4-5-16-11-20(19(21)18(16)10-13)17-8-6-15(7-9-17)14(2)12-22-3/h4-10,14H,11-12H2,1-3H3. The number of amides is 1. The second kappa shape index (κ2) is 5.93. The lowest BCUT2D eigenvalue weighted by molar-refractivity contribution is 0.0996. The number of nitrogens with zero attached hydrogens (tertiary/aromatic N) is 1. The molecular formula is C19H21NO2. The van der Waals surface area contributed by atoms with Crippen molar-refractivity contribution in [2.24, 2.45) is 0 Å². The third-order valence-electron chi connectivity index (χ3n) is 4.26. The molecule has 3 heteroatoms. The van der Waals surface area contributed by atoms with Gasteiger partial charge in [-0.15, -0.1) is 0 Å². The largest absolute Gasteiger partial charge is 0.384 e. The summed E-state index contributed by atoms with van der Waals surface area (Å²) in [6, 6.07) is 14.3. The molecule has 0 bridgehead atoms. The number of hydrogen-bond acceptors (Lipinski definition) is 2. The van der Waals surface area contributed by atoms with Crippen molar-refractivity contribution < 1.29 is 9.53 Å². The molecule has 0 saturated heterocycles. The maximum Gasteiger partial charge on any atom is 0.258 e. The van der Waals surface area contributed by atoms with Crippen LogP contribution < -0.4 is 4.90 Å². The van der Waals surface area contributed by atoms with Crippen LogP contribution in [0.5, 0.6) is 0 Å². The lowest BCUT2D eigenvalue weighted by Crippen LogP contribution is -2.22. The van der Waals surface area contributed by atoms with E-state index in [9.17, 15) is 4.79 Å². The van der Waals surface area contributed by atoms with Crippen molar-refractivity contribution in [2.45, 2.75) is 26.3 Å². The first-order chi connectivity index (χ1) is 10.6. The Balaban J connectivity index is 1.83. The highest BCUT2D eigenvalue weighted by atomic mass is 16.5. The number of carbonyl (C=O) groups excluding carboxylic acids is 1. The quantitative estimate of drug-likeness (QED) is 0.856. The predicted octanol–water partition coefficient (Wildman–Crippen LogP) is 3.91. The summed E-state index contributed by atoms with van der Waals surface area (Å²) in [5.74, 6) is 0.449. The molecule has 0 saturated carbocycles. The van der Waals surface area contributed by atoms with E-state index < -0.39 is 0 Å². The summed E-state index contributed by atoms with van der Waals surface area (Å²) in [7, 11) is 1.72. The molecule has 114 valence electrons. The molecule has 0 aliphatic carbocycles. The molecule has 0 N–H and O–H groups in total. The second-order valence-corrected chi connectivity index (χ2v) is 6.00. The topological polar surface area (TPSA) is 29.5 Å². The molecular weight excluding hydrogens is 274 g/mol. The number of aryl methyl sites for hydroxylation is 1. The van der Waals surface area contributed by atoms with Gasteiger partial charge in [-0.1, -0.05) is 36.8 Å². The molecule has 1 unspecified atom stereocenters. The Hall–Kier alpha value is -2.13. The van der Waals surface area contributed by atoms with Gasteiger partial charge in [0, 0.05) is 24.3 Å². The maximum absolute atomic E-state index is 12.6. The van der Waals surface area contributed by atoms with E-state index in [0.29, 0.717) is 19.1 Å². The molecule has 22 heavy (non-hydrogen) atoms. The van der Waals surface area contributed by atoms with Crippen LogP contribution in [0, 0.1) is 6.92 Å². The highest BCUT2D eigenvalue weighted by Crippen LogP contribution is 2.30. The van der Waals surface area contributed by atoms with Gasteiger partial charge in [-0.3, -0.25) is 4.79 Å². The number of hydrogen-bond donors (Lipinski definition) is 0. The van der Waals surface area contributed by atoms with E-state index in [2.05, 4.69) is 31.2 Å². The Labute approximate surface area is 131 Å². The number of benzene rings is 2. The first kappa shape index (κ1) is 14.8. The zero-order chi connectivity index (χ0) is 15.7. The minimum atomic E-state index is 0.0939. The number of rotatable bonds is 4. The third-order valence-corrected chi connectivity index (χ3v) is 4.26. The lowest BCUT2D eigenvalue weighted by Gasteiger charge is -2.17. The van der Waals surface area contributed by atoms with Gasteiger partial charge in [-0.05, 0) is 36.2 Å². The van der Waals surface area contributed by atoms with Crippen LogP contribution in [-0.2, 0) is 11.3 Å². The van der Waals surface area contributed by atoms with Gasteiger partial charge in [-0.25, -0.2) is 0 Å². The Morgan fingerprint density at radius 3 is 2.59 bits per heavy atom. The summed E-state index contributed by atoms with van der Waals surface area (Å²) in [5.41, 5.74) is 5.24. The fourth-order valence-corrected chi connectivity index (χ4v) is 2.95. The number of anilines is 1. The average Bonchev–Trinajstić information content (AvgIpc) is 2.84. The summed E-state index contributed by atoms with van der Waals surface area (Å²) in [5, 5.41) is 0. The second-order valence-electron chi connectivity index (χ2n) is 6.00. The van der Waals surface area contributed by atoms with Crippen molar-refractivity contribution >= 4 is 11.6 Å². The van der Waals surface area contributed by atoms with Crippen LogP contribution >= 0.6 is 0 Å². The molecule has 0 aromatic heterocycles. The Morgan fingerprint density at radius 1 is 1.18 bits per heavy atom. The smallest absolute Gasteiger partial charge is 0.258 e. The highest BCUT2D eigenvalue weighted by Gasteiger charge is 2.28. The van der Waals surface area contributed by atoms with E-state index in [0.717, 1.165) is 22.4 Å². The van der Waals surface area contributed by atoms with Crippen molar-refractivity contribution in [1.29, 1.82) is 0 Å². The van der Waals surface area contributed by atoms with Crippen LogP contribution in [0.15, 0.2) is 42.5 Å². The normalized spacial score (nSPS) is 15.0. The van der Waals surface area contributed by atoms with Crippen molar-refractivity contribution in [1.82, 2.24) is 0 Å². The number of methoxy groups -OCH3 is 1. The van der Waals surface area contributed by atoms with Crippen molar-refractivity contribution in [3.05, 3.63) is 64.7 Å². The third kappa shape index (κ3) is 2.64. The van der Waals surface area contributed by atoms with Gasteiger partial charge in [0.15, 0.2) is 0 Å². The molecule has 2 aromatic carbocycles. The van der Waals surface area contributed by atoms with Gasteiger partial charge >= 0.3 is 0 Å². The van der Waals surface area contributed by atoms with E-state index in [4.69, 9.17) is 4.74 Å². The lowest BCUT2D eigenvalue weighted by atomic mass is 10.0. The van der Waals surface area contributed by atoms with Gasteiger partial charge < -0.3 is 9.64 Å². The molecule has 0 fully saturated rings. The van der Waals surface area contributed by atoms with Crippen LogP contribution in [0.25, 0.3) is 0 Å². The molecule has 0 radical (unpaired) electrons. The molecule has 3 nitrogen and oxygen atoms in total. The number of fused-ring (bicyclic) bond motifs is 1. The van der Waals surface area contributed by atoms with E-state index >= 15 is 0 Å². The van der Waals surface area contributed by atoms with Gasteiger partial charge in [-0.2, -0.15) is 0 Å². The monoisotopic (exact) mass is 295 g/mol. The SMILES string of the molecule is COCC(C)c1ccc(N2Cc3ccc(C)cc3C2=O)cc1. The Kier molecular flexibility index (Phi) is 3.99. The van der Waals surface area contributed by atoms with Crippen molar-refractivity contribution in [2.75, 3.05) is 18.6 Å². The zero-order valence-corrected chi connectivity index (χ0v) is 13.3. The average molecular weight is 295 g/mol. The highest BCUT2D eigenvalue weighted by molar-refractivity contribution is 6.10. The van der Waals surface area contributed by atoms with Crippen LogP contribution in [0.2, 0.25) is 0 Å². The molecule has 1 heterocycles. The zero-order valence-electron chi connectivity index (χ0n) is 13.3. The first-order valence-electron chi connectivity index (χ1n) is 7.60.